The number of ketones is 1. The summed E-state index contributed by atoms with van der Waals surface area (Å²) in [6.45, 7) is 12.3. The highest BCUT2D eigenvalue weighted by Crippen LogP contribution is 2.53. The van der Waals surface area contributed by atoms with Gasteiger partial charge in [0.2, 0.25) is 0 Å². The van der Waals surface area contributed by atoms with Crippen molar-refractivity contribution in [1.82, 2.24) is 0 Å². The van der Waals surface area contributed by atoms with Crippen LogP contribution in [0.1, 0.15) is 67.7 Å². The maximum atomic E-state index is 12.3. The van der Waals surface area contributed by atoms with Crippen molar-refractivity contribution in [3.05, 3.63) is 12.2 Å². The maximum absolute atomic E-state index is 12.3. The molecule has 0 amide bonds. The molecule has 9 atom stereocenters. The van der Waals surface area contributed by atoms with E-state index in [0.717, 1.165) is 19.3 Å². The molecule has 9 unspecified atom stereocenters. The van der Waals surface area contributed by atoms with Gasteiger partial charge in [-0.2, -0.15) is 0 Å². The lowest BCUT2D eigenvalue weighted by Crippen LogP contribution is -2.61. The number of hydrogen-bond donors (Lipinski definition) is 1. The summed E-state index contributed by atoms with van der Waals surface area (Å²) in [5, 5.41) is 10.9. The zero-order valence-corrected chi connectivity index (χ0v) is 20.7. The summed E-state index contributed by atoms with van der Waals surface area (Å²) in [5.74, 6) is -0.699. The van der Waals surface area contributed by atoms with Gasteiger partial charge < -0.3 is 24.1 Å². The van der Waals surface area contributed by atoms with Crippen LogP contribution in [0.4, 0.5) is 0 Å². The molecule has 1 saturated heterocycles. The standard InChI is InChI=1S/C25H38O8/c1-13-18-12-17(8-10-25(18,7)11-9-19(13)28)24(5,6)33-23-22(32-16(4)27)20(29)21(14(2)30-23)31-15(3)26/h9,11,13-14,17-18,20-23,29H,8,10,12H2,1-7H3. The second-order valence-corrected chi connectivity index (χ2v) is 10.7. The first-order valence-electron chi connectivity index (χ1n) is 11.8. The molecule has 1 saturated carbocycles. The van der Waals surface area contributed by atoms with E-state index in [9.17, 15) is 19.5 Å². The van der Waals surface area contributed by atoms with E-state index in [-0.39, 0.29) is 29.0 Å². The van der Waals surface area contributed by atoms with Crippen molar-refractivity contribution < 1.29 is 38.4 Å². The molecular formula is C25H38O8. The molecular weight excluding hydrogens is 428 g/mol. The highest BCUT2D eigenvalue weighted by Gasteiger charge is 2.52. The quantitative estimate of drug-likeness (QED) is 0.616. The number of aliphatic hydroxyl groups excluding tert-OH is 1. The highest BCUT2D eigenvalue weighted by atomic mass is 16.7. The third-order valence-electron chi connectivity index (χ3n) is 7.86. The molecule has 8 nitrogen and oxygen atoms in total. The predicted octanol–water partition coefficient (Wildman–Crippen LogP) is 2.95. The summed E-state index contributed by atoms with van der Waals surface area (Å²) >= 11 is 0. The predicted molar refractivity (Wildman–Crippen MR) is 119 cm³/mol. The lowest BCUT2D eigenvalue weighted by Gasteiger charge is -2.52. The minimum absolute atomic E-state index is 0.0104. The molecule has 0 bridgehead atoms. The van der Waals surface area contributed by atoms with Gasteiger partial charge in [-0.1, -0.05) is 19.9 Å². The Morgan fingerprint density at radius 1 is 1.15 bits per heavy atom. The smallest absolute Gasteiger partial charge is 0.303 e. The topological polar surface area (TPSA) is 108 Å². The molecule has 1 N–H and O–H groups in total. The number of esters is 2. The molecule has 0 spiro atoms. The lowest BCUT2D eigenvalue weighted by molar-refractivity contribution is -0.327. The third-order valence-corrected chi connectivity index (χ3v) is 7.86. The molecule has 33 heavy (non-hydrogen) atoms. The van der Waals surface area contributed by atoms with Gasteiger partial charge in [-0.25, -0.2) is 0 Å². The molecule has 3 rings (SSSR count). The number of rotatable bonds is 5. The van der Waals surface area contributed by atoms with E-state index in [1.807, 2.05) is 20.8 Å². The summed E-state index contributed by atoms with van der Waals surface area (Å²) in [6.07, 6.45) is 1.36. The third kappa shape index (κ3) is 5.33. The summed E-state index contributed by atoms with van der Waals surface area (Å²) in [5.41, 5.74) is -0.689. The summed E-state index contributed by atoms with van der Waals surface area (Å²) in [6, 6.07) is 0. The molecule has 0 aromatic heterocycles. The number of hydrogen-bond acceptors (Lipinski definition) is 8. The molecule has 0 aromatic carbocycles. The van der Waals surface area contributed by atoms with Crippen molar-refractivity contribution in [3.8, 4) is 0 Å². The SMILES string of the molecule is CC(=O)OC1C(C)OC(OC(C)(C)C2CCC3(C)C=CC(=O)C(C)C3C2)C(OC(C)=O)C1O. The Kier molecular flexibility index (Phi) is 7.42. The summed E-state index contributed by atoms with van der Waals surface area (Å²) < 4.78 is 22.9. The van der Waals surface area contributed by atoms with Gasteiger partial charge in [0.1, 0.15) is 6.10 Å². The van der Waals surface area contributed by atoms with Gasteiger partial charge in [0.05, 0.1) is 11.7 Å². The van der Waals surface area contributed by atoms with Crippen LogP contribution in [0.5, 0.6) is 0 Å². The monoisotopic (exact) mass is 466 g/mol. The zero-order valence-electron chi connectivity index (χ0n) is 20.7. The van der Waals surface area contributed by atoms with Gasteiger partial charge in [-0.3, -0.25) is 14.4 Å². The van der Waals surface area contributed by atoms with Crippen LogP contribution in [0.15, 0.2) is 12.2 Å². The highest BCUT2D eigenvalue weighted by molar-refractivity contribution is 5.92. The Morgan fingerprint density at radius 2 is 1.76 bits per heavy atom. The lowest BCUT2D eigenvalue weighted by atomic mass is 9.56. The minimum Gasteiger partial charge on any atom is -0.457 e. The van der Waals surface area contributed by atoms with Crippen molar-refractivity contribution in [2.75, 3.05) is 0 Å². The molecule has 1 aliphatic heterocycles. The van der Waals surface area contributed by atoms with Crippen molar-refractivity contribution in [2.24, 2.45) is 23.2 Å². The van der Waals surface area contributed by atoms with Gasteiger partial charge in [0.15, 0.2) is 24.3 Å². The van der Waals surface area contributed by atoms with E-state index in [1.54, 1.807) is 13.0 Å². The number of aliphatic hydroxyl groups is 1. The van der Waals surface area contributed by atoms with Gasteiger partial charge >= 0.3 is 11.9 Å². The van der Waals surface area contributed by atoms with E-state index in [4.69, 9.17) is 18.9 Å². The second kappa shape index (κ2) is 9.47. The molecule has 0 aromatic rings. The fourth-order valence-corrected chi connectivity index (χ4v) is 5.76. The Hall–Kier alpha value is -1.77. The Morgan fingerprint density at radius 3 is 2.36 bits per heavy atom. The van der Waals surface area contributed by atoms with Crippen LogP contribution in [-0.2, 0) is 33.3 Å². The molecule has 186 valence electrons. The number of carbonyl (C=O) groups is 3. The van der Waals surface area contributed by atoms with Gasteiger partial charge in [0, 0.05) is 19.8 Å². The largest absolute Gasteiger partial charge is 0.457 e. The first-order chi connectivity index (χ1) is 15.2. The Labute approximate surface area is 196 Å². The molecule has 1 heterocycles. The fraction of sp³-hybridized carbons (Fsp3) is 0.800. The van der Waals surface area contributed by atoms with Crippen molar-refractivity contribution in [2.45, 2.75) is 104 Å². The maximum Gasteiger partial charge on any atom is 0.303 e. The first-order valence-corrected chi connectivity index (χ1v) is 11.8. The average Bonchev–Trinajstić information content (AvgIpc) is 2.70. The molecule has 2 aliphatic carbocycles. The summed E-state index contributed by atoms with van der Waals surface area (Å²) in [4.78, 5) is 35.6. The zero-order chi connectivity index (χ0) is 24.7. The van der Waals surface area contributed by atoms with Crippen LogP contribution in [0.2, 0.25) is 0 Å². The summed E-state index contributed by atoms with van der Waals surface area (Å²) in [7, 11) is 0. The van der Waals surface area contributed by atoms with E-state index in [0.29, 0.717) is 0 Å². The number of carbonyl (C=O) groups excluding carboxylic acids is 3. The number of ether oxygens (including phenoxy) is 4. The van der Waals surface area contributed by atoms with Crippen LogP contribution in [0, 0.1) is 23.2 Å². The van der Waals surface area contributed by atoms with Crippen molar-refractivity contribution in [1.29, 1.82) is 0 Å². The fourth-order valence-electron chi connectivity index (χ4n) is 5.76. The van der Waals surface area contributed by atoms with Crippen LogP contribution in [0.3, 0.4) is 0 Å². The Bertz CT molecular complexity index is 804. The Balaban J connectivity index is 1.78. The minimum atomic E-state index is -1.29. The molecule has 8 heteroatoms. The second-order valence-electron chi connectivity index (χ2n) is 10.7. The first kappa shape index (κ1) is 25.8. The number of fused-ring (bicyclic) bond motifs is 1. The van der Waals surface area contributed by atoms with Gasteiger partial charge in [-0.05, 0) is 63.4 Å². The molecule has 2 fully saturated rings. The van der Waals surface area contributed by atoms with Crippen LogP contribution >= 0.6 is 0 Å². The van der Waals surface area contributed by atoms with E-state index in [1.165, 1.54) is 13.8 Å². The van der Waals surface area contributed by atoms with Crippen LogP contribution in [-0.4, -0.2) is 59.1 Å². The van der Waals surface area contributed by atoms with Gasteiger partial charge in [0.25, 0.3) is 0 Å². The molecule has 3 aliphatic rings. The van der Waals surface area contributed by atoms with E-state index >= 15 is 0 Å². The normalized spacial score (nSPS) is 41.3. The number of allylic oxidation sites excluding steroid dienone is 2. The van der Waals surface area contributed by atoms with E-state index < -0.39 is 48.2 Å². The van der Waals surface area contributed by atoms with Crippen molar-refractivity contribution >= 4 is 17.7 Å². The van der Waals surface area contributed by atoms with E-state index in [2.05, 4.69) is 13.0 Å². The van der Waals surface area contributed by atoms with Crippen LogP contribution in [0.25, 0.3) is 0 Å². The average molecular weight is 467 g/mol. The van der Waals surface area contributed by atoms with Crippen LogP contribution < -0.4 is 0 Å². The van der Waals surface area contributed by atoms with Crippen molar-refractivity contribution in [3.63, 3.8) is 0 Å². The van der Waals surface area contributed by atoms with Gasteiger partial charge in [-0.15, -0.1) is 0 Å². The molecule has 0 radical (unpaired) electrons.